The van der Waals surface area contributed by atoms with Gasteiger partial charge in [-0.15, -0.1) is 0 Å². The van der Waals surface area contributed by atoms with Gasteiger partial charge < -0.3 is 4.57 Å². The van der Waals surface area contributed by atoms with Crippen LogP contribution >= 0.6 is 35.0 Å². The average molecular weight is 347 g/mol. The van der Waals surface area contributed by atoms with Crippen molar-refractivity contribution in [1.82, 2.24) is 9.55 Å². The molecule has 3 aromatic rings. The number of halogens is 2. The molecule has 0 aliphatic carbocycles. The fourth-order valence-corrected chi connectivity index (χ4v) is 4.07. The second-order valence-corrected chi connectivity index (χ2v) is 7.05. The molecule has 0 atom stereocenters. The first-order valence-corrected chi connectivity index (χ1v) is 8.72. The van der Waals surface area contributed by atoms with Crippen LogP contribution in [0.3, 0.4) is 0 Å². The van der Waals surface area contributed by atoms with Crippen molar-refractivity contribution < 1.29 is 0 Å². The summed E-state index contributed by atoms with van der Waals surface area (Å²) in [5, 5.41) is 2.51. The SMILES string of the molecule is Clc1cccc(-c2nc3n(c2-c2cccc(Cl)c2)CCS3)c1. The van der Waals surface area contributed by atoms with Gasteiger partial charge in [0.05, 0.1) is 11.4 Å². The summed E-state index contributed by atoms with van der Waals surface area (Å²) < 4.78 is 2.27. The Morgan fingerprint density at radius 3 is 2.36 bits per heavy atom. The second-order valence-electron chi connectivity index (χ2n) is 5.11. The lowest BCUT2D eigenvalue weighted by Gasteiger charge is -2.09. The van der Waals surface area contributed by atoms with Gasteiger partial charge in [-0.1, -0.05) is 59.2 Å². The highest BCUT2D eigenvalue weighted by Gasteiger charge is 2.23. The van der Waals surface area contributed by atoms with Crippen molar-refractivity contribution in [3.63, 3.8) is 0 Å². The van der Waals surface area contributed by atoms with Gasteiger partial charge in [-0.2, -0.15) is 0 Å². The quantitative estimate of drug-likeness (QED) is 0.598. The molecule has 0 spiro atoms. The van der Waals surface area contributed by atoms with Gasteiger partial charge in [-0.3, -0.25) is 0 Å². The molecule has 2 aromatic carbocycles. The number of hydrogen-bond donors (Lipinski definition) is 0. The van der Waals surface area contributed by atoms with Crippen LogP contribution in [0.1, 0.15) is 0 Å². The smallest absolute Gasteiger partial charge is 0.169 e. The van der Waals surface area contributed by atoms with E-state index in [1.165, 1.54) is 0 Å². The maximum absolute atomic E-state index is 6.18. The number of hydrogen-bond acceptors (Lipinski definition) is 2. The Balaban J connectivity index is 1.96. The van der Waals surface area contributed by atoms with Crippen molar-refractivity contribution in [3.05, 3.63) is 58.6 Å². The minimum atomic E-state index is 0.718. The summed E-state index contributed by atoms with van der Waals surface area (Å²) in [4.78, 5) is 4.83. The zero-order valence-corrected chi connectivity index (χ0v) is 13.9. The molecular weight excluding hydrogens is 335 g/mol. The Bertz CT molecular complexity index is 858. The summed E-state index contributed by atoms with van der Waals surface area (Å²) in [6.07, 6.45) is 0. The van der Waals surface area contributed by atoms with Gasteiger partial charge in [0.2, 0.25) is 0 Å². The van der Waals surface area contributed by atoms with Crippen LogP contribution in [0.5, 0.6) is 0 Å². The lowest BCUT2D eigenvalue weighted by molar-refractivity contribution is 0.726. The lowest BCUT2D eigenvalue weighted by atomic mass is 10.0. The van der Waals surface area contributed by atoms with E-state index in [1.807, 2.05) is 42.5 Å². The zero-order valence-electron chi connectivity index (χ0n) is 11.6. The molecule has 2 heterocycles. The molecule has 2 nitrogen and oxygen atoms in total. The minimum Gasteiger partial charge on any atom is -0.318 e. The van der Waals surface area contributed by atoms with Crippen LogP contribution < -0.4 is 0 Å². The fraction of sp³-hybridized carbons (Fsp3) is 0.118. The molecule has 4 rings (SSSR count). The molecule has 22 heavy (non-hydrogen) atoms. The average Bonchev–Trinajstić information content (AvgIpc) is 3.07. The molecule has 0 bridgehead atoms. The molecule has 1 aromatic heterocycles. The maximum atomic E-state index is 6.18. The largest absolute Gasteiger partial charge is 0.318 e. The van der Waals surface area contributed by atoms with E-state index in [0.717, 1.165) is 50.0 Å². The van der Waals surface area contributed by atoms with Crippen LogP contribution in [-0.2, 0) is 6.54 Å². The molecule has 0 unspecified atom stereocenters. The van der Waals surface area contributed by atoms with E-state index in [2.05, 4.69) is 10.6 Å². The van der Waals surface area contributed by atoms with Gasteiger partial charge in [0.25, 0.3) is 0 Å². The summed E-state index contributed by atoms with van der Waals surface area (Å²) in [6.45, 7) is 0.968. The number of benzene rings is 2. The molecule has 1 aliphatic heterocycles. The summed E-state index contributed by atoms with van der Waals surface area (Å²) in [7, 11) is 0. The molecule has 1 aliphatic rings. The van der Waals surface area contributed by atoms with E-state index in [0.29, 0.717) is 0 Å². The van der Waals surface area contributed by atoms with Crippen LogP contribution in [-0.4, -0.2) is 15.3 Å². The Morgan fingerprint density at radius 1 is 0.955 bits per heavy atom. The third kappa shape index (κ3) is 2.43. The Morgan fingerprint density at radius 2 is 1.64 bits per heavy atom. The third-order valence-corrected chi connectivity index (χ3v) is 5.10. The van der Waals surface area contributed by atoms with Crippen LogP contribution in [0.4, 0.5) is 0 Å². The predicted molar refractivity (Wildman–Crippen MR) is 93.8 cm³/mol. The number of imidazole rings is 1. The monoisotopic (exact) mass is 346 g/mol. The van der Waals surface area contributed by atoms with Crippen molar-refractivity contribution in [3.8, 4) is 22.5 Å². The van der Waals surface area contributed by atoms with Crippen molar-refractivity contribution >= 4 is 35.0 Å². The third-order valence-electron chi connectivity index (χ3n) is 3.67. The Kier molecular flexibility index (Phi) is 3.65. The molecule has 5 heteroatoms. The molecule has 0 radical (unpaired) electrons. The van der Waals surface area contributed by atoms with E-state index in [9.17, 15) is 0 Å². The Labute approximate surface area is 143 Å². The van der Waals surface area contributed by atoms with Gasteiger partial charge in [0, 0.05) is 33.5 Å². The molecule has 0 saturated carbocycles. The van der Waals surface area contributed by atoms with Gasteiger partial charge in [-0.05, 0) is 24.3 Å². The van der Waals surface area contributed by atoms with Gasteiger partial charge in [0.15, 0.2) is 5.16 Å². The molecule has 0 fully saturated rings. The van der Waals surface area contributed by atoms with Crippen LogP contribution in [0, 0.1) is 0 Å². The van der Waals surface area contributed by atoms with Crippen LogP contribution in [0.25, 0.3) is 22.5 Å². The normalized spacial score (nSPS) is 13.4. The number of fused-ring (bicyclic) bond motifs is 1. The molecule has 0 saturated heterocycles. The molecule has 0 amide bonds. The zero-order chi connectivity index (χ0) is 15.1. The van der Waals surface area contributed by atoms with Crippen LogP contribution in [0.2, 0.25) is 10.0 Å². The van der Waals surface area contributed by atoms with E-state index in [-0.39, 0.29) is 0 Å². The second kappa shape index (κ2) is 5.65. The number of thioether (sulfide) groups is 1. The van der Waals surface area contributed by atoms with Gasteiger partial charge in [0.1, 0.15) is 0 Å². The fourth-order valence-electron chi connectivity index (χ4n) is 2.74. The molecule has 110 valence electrons. The van der Waals surface area contributed by atoms with Crippen LogP contribution in [0.15, 0.2) is 53.7 Å². The highest BCUT2D eigenvalue weighted by molar-refractivity contribution is 7.99. The first-order valence-electron chi connectivity index (χ1n) is 6.97. The summed E-state index contributed by atoms with van der Waals surface area (Å²) in [5.41, 5.74) is 4.20. The standard InChI is InChI=1S/C17H12Cl2N2S/c18-13-5-1-3-11(9-13)15-16(12-4-2-6-14(19)10-12)21-7-8-22-17(21)20-15/h1-6,9-10H,7-8H2. The molecular formula is C17H12Cl2N2S. The number of aromatic nitrogens is 2. The first kappa shape index (κ1) is 14.2. The van der Waals surface area contributed by atoms with Crippen molar-refractivity contribution in [2.75, 3.05) is 5.75 Å². The van der Waals surface area contributed by atoms with E-state index in [1.54, 1.807) is 11.8 Å². The van der Waals surface area contributed by atoms with E-state index >= 15 is 0 Å². The van der Waals surface area contributed by atoms with Gasteiger partial charge >= 0.3 is 0 Å². The van der Waals surface area contributed by atoms with E-state index in [4.69, 9.17) is 28.2 Å². The summed E-state index contributed by atoms with van der Waals surface area (Å²) >= 11 is 14.1. The highest BCUT2D eigenvalue weighted by Crippen LogP contribution is 2.39. The van der Waals surface area contributed by atoms with Crippen molar-refractivity contribution in [1.29, 1.82) is 0 Å². The van der Waals surface area contributed by atoms with Crippen molar-refractivity contribution in [2.24, 2.45) is 0 Å². The highest BCUT2D eigenvalue weighted by atomic mass is 35.5. The topological polar surface area (TPSA) is 17.8 Å². The van der Waals surface area contributed by atoms with Gasteiger partial charge in [-0.25, -0.2) is 4.98 Å². The number of nitrogens with zero attached hydrogens (tertiary/aromatic N) is 2. The maximum Gasteiger partial charge on any atom is 0.169 e. The predicted octanol–water partition coefficient (Wildman–Crippen LogP) is 5.63. The summed E-state index contributed by atoms with van der Waals surface area (Å²) in [5.74, 6) is 1.06. The van der Waals surface area contributed by atoms with E-state index < -0.39 is 0 Å². The summed E-state index contributed by atoms with van der Waals surface area (Å²) in [6, 6.07) is 15.8. The number of rotatable bonds is 2. The Hall–Kier alpha value is -1.42. The van der Waals surface area contributed by atoms with Crippen molar-refractivity contribution in [2.45, 2.75) is 11.7 Å². The molecule has 0 N–H and O–H groups in total. The lowest BCUT2D eigenvalue weighted by Crippen LogP contribution is -1.97. The first-order chi connectivity index (χ1) is 10.7. The minimum absolute atomic E-state index is 0.718.